The first kappa shape index (κ1) is 22.3. The van der Waals surface area contributed by atoms with Crippen molar-refractivity contribution < 1.29 is 17.9 Å². The SMILES string of the molecule is CC(C)(C)c1ccc(OCC(=O)N(CCc2ccccc2)[C@H]2CCS(=O)(=O)C2)cc1. The topological polar surface area (TPSA) is 63.7 Å². The minimum atomic E-state index is -3.08. The summed E-state index contributed by atoms with van der Waals surface area (Å²) < 4.78 is 29.7. The summed E-state index contributed by atoms with van der Waals surface area (Å²) in [6.45, 7) is 6.82. The van der Waals surface area contributed by atoms with Gasteiger partial charge in [0.25, 0.3) is 5.91 Å². The molecule has 0 aromatic heterocycles. The van der Waals surface area contributed by atoms with Crippen LogP contribution in [0.5, 0.6) is 5.75 Å². The summed E-state index contributed by atoms with van der Waals surface area (Å²) in [5.74, 6) is 0.641. The number of nitrogens with zero attached hydrogens (tertiary/aromatic N) is 1. The van der Waals surface area contributed by atoms with Crippen LogP contribution in [0.15, 0.2) is 54.6 Å². The van der Waals surface area contributed by atoms with E-state index in [9.17, 15) is 13.2 Å². The Labute approximate surface area is 180 Å². The molecule has 1 heterocycles. The van der Waals surface area contributed by atoms with Crippen LogP contribution in [0.2, 0.25) is 0 Å². The van der Waals surface area contributed by atoms with Gasteiger partial charge in [-0.3, -0.25) is 4.79 Å². The highest BCUT2D eigenvalue weighted by Crippen LogP contribution is 2.24. The van der Waals surface area contributed by atoms with E-state index in [1.807, 2.05) is 54.6 Å². The van der Waals surface area contributed by atoms with Gasteiger partial charge in [0.2, 0.25) is 0 Å². The summed E-state index contributed by atoms with van der Waals surface area (Å²) in [5.41, 5.74) is 2.37. The number of benzene rings is 2. The molecule has 1 aliphatic rings. The van der Waals surface area contributed by atoms with Crippen molar-refractivity contribution in [2.24, 2.45) is 0 Å². The number of rotatable bonds is 7. The lowest BCUT2D eigenvalue weighted by atomic mass is 9.87. The van der Waals surface area contributed by atoms with E-state index in [0.29, 0.717) is 25.1 Å². The van der Waals surface area contributed by atoms with Gasteiger partial charge in [-0.1, -0.05) is 63.2 Å². The Kier molecular flexibility index (Phi) is 6.86. The maximum Gasteiger partial charge on any atom is 0.260 e. The molecule has 1 fully saturated rings. The van der Waals surface area contributed by atoms with Gasteiger partial charge in [-0.15, -0.1) is 0 Å². The molecule has 1 aliphatic heterocycles. The average Bonchev–Trinajstić information content (AvgIpc) is 3.06. The summed E-state index contributed by atoms with van der Waals surface area (Å²) in [5, 5.41) is 0. The molecule has 5 nitrogen and oxygen atoms in total. The third kappa shape index (κ3) is 6.08. The van der Waals surface area contributed by atoms with Crippen LogP contribution in [0.3, 0.4) is 0 Å². The molecule has 3 rings (SSSR count). The monoisotopic (exact) mass is 429 g/mol. The van der Waals surface area contributed by atoms with Gasteiger partial charge in [-0.25, -0.2) is 8.42 Å². The number of hydrogen-bond donors (Lipinski definition) is 0. The Morgan fingerprint density at radius 2 is 1.73 bits per heavy atom. The molecule has 0 saturated carbocycles. The lowest BCUT2D eigenvalue weighted by molar-refractivity contribution is -0.135. The van der Waals surface area contributed by atoms with Gasteiger partial charge in [0.15, 0.2) is 16.4 Å². The van der Waals surface area contributed by atoms with Gasteiger partial charge in [0.1, 0.15) is 5.75 Å². The van der Waals surface area contributed by atoms with E-state index in [1.165, 1.54) is 5.56 Å². The molecular weight excluding hydrogens is 398 g/mol. The number of amides is 1. The van der Waals surface area contributed by atoms with Crippen molar-refractivity contribution in [3.05, 3.63) is 65.7 Å². The largest absolute Gasteiger partial charge is 0.484 e. The van der Waals surface area contributed by atoms with Crippen LogP contribution in [-0.4, -0.2) is 49.9 Å². The van der Waals surface area contributed by atoms with Crippen molar-refractivity contribution in [2.45, 2.75) is 45.1 Å². The van der Waals surface area contributed by atoms with Crippen LogP contribution >= 0.6 is 0 Å². The third-order valence-electron chi connectivity index (χ3n) is 5.54. The van der Waals surface area contributed by atoms with Crippen LogP contribution in [0, 0.1) is 0 Å². The average molecular weight is 430 g/mol. The lowest BCUT2D eigenvalue weighted by Gasteiger charge is -2.28. The Morgan fingerprint density at radius 3 is 2.30 bits per heavy atom. The van der Waals surface area contributed by atoms with E-state index in [4.69, 9.17) is 4.74 Å². The van der Waals surface area contributed by atoms with Gasteiger partial charge >= 0.3 is 0 Å². The first-order valence-electron chi connectivity index (χ1n) is 10.4. The van der Waals surface area contributed by atoms with Crippen LogP contribution in [0.4, 0.5) is 0 Å². The fourth-order valence-electron chi connectivity index (χ4n) is 3.71. The molecule has 30 heavy (non-hydrogen) atoms. The van der Waals surface area contributed by atoms with Crippen LogP contribution in [0.25, 0.3) is 0 Å². The molecule has 162 valence electrons. The molecule has 0 bridgehead atoms. The van der Waals surface area contributed by atoms with Crippen LogP contribution in [0.1, 0.15) is 38.3 Å². The summed E-state index contributed by atoms with van der Waals surface area (Å²) in [4.78, 5) is 14.7. The summed E-state index contributed by atoms with van der Waals surface area (Å²) >= 11 is 0. The molecule has 1 amide bonds. The fourth-order valence-corrected chi connectivity index (χ4v) is 5.44. The molecule has 0 N–H and O–H groups in total. The Bertz CT molecular complexity index is 947. The molecule has 1 atom stereocenters. The van der Waals surface area contributed by atoms with E-state index >= 15 is 0 Å². The maximum atomic E-state index is 13.0. The molecule has 1 saturated heterocycles. The first-order chi connectivity index (χ1) is 14.1. The zero-order chi connectivity index (χ0) is 21.8. The van der Waals surface area contributed by atoms with Gasteiger partial charge < -0.3 is 9.64 Å². The third-order valence-corrected chi connectivity index (χ3v) is 7.29. The second kappa shape index (κ2) is 9.21. The zero-order valence-corrected chi connectivity index (χ0v) is 18.8. The normalized spacial score (nSPS) is 18.2. The minimum absolute atomic E-state index is 0.0355. The molecule has 2 aromatic carbocycles. The summed E-state index contributed by atoms with van der Waals surface area (Å²) in [6, 6.07) is 17.4. The molecule has 0 spiro atoms. The van der Waals surface area contributed by atoms with Crippen molar-refractivity contribution in [1.82, 2.24) is 4.90 Å². The van der Waals surface area contributed by atoms with Gasteiger partial charge in [-0.05, 0) is 41.5 Å². The standard InChI is InChI=1S/C24H31NO4S/c1-24(2,3)20-9-11-22(12-10-20)29-17-23(26)25(21-14-16-30(27,28)18-21)15-13-19-7-5-4-6-8-19/h4-12,21H,13-18H2,1-3H3/t21-/m0/s1. The summed E-state index contributed by atoms with van der Waals surface area (Å²) in [6.07, 6.45) is 1.17. The van der Waals surface area contributed by atoms with Gasteiger partial charge in [-0.2, -0.15) is 0 Å². The van der Waals surface area contributed by atoms with Gasteiger partial charge in [0, 0.05) is 12.6 Å². The van der Waals surface area contributed by atoms with Gasteiger partial charge in [0.05, 0.1) is 11.5 Å². The number of ether oxygens (including phenoxy) is 1. The van der Waals surface area contributed by atoms with Crippen LogP contribution < -0.4 is 4.74 Å². The highest BCUT2D eigenvalue weighted by atomic mass is 32.2. The first-order valence-corrected chi connectivity index (χ1v) is 12.2. The molecule has 2 aromatic rings. The summed E-state index contributed by atoms with van der Waals surface area (Å²) in [7, 11) is -3.08. The minimum Gasteiger partial charge on any atom is -0.484 e. The van der Waals surface area contributed by atoms with Crippen molar-refractivity contribution in [1.29, 1.82) is 0 Å². The van der Waals surface area contributed by atoms with E-state index in [1.54, 1.807) is 4.90 Å². The number of hydrogen-bond acceptors (Lipinski definition) is 4. The van der Waals surface area contributed by atoms with Crippen LogP contribution in [-0.2, 0) is 26.5 Å². The fraction of sp³-hybridized carbons (Fsp3) is 0.458. The predicted molar refractivity (Wildman–Crippen MR) is 120 cm³/mol. The Morgan fingerprint density at radius 1 is 1.07 bits per heavy atom. The molecule has 6 heteroatoms. The van der Waals surface area contributed by atoms with E-state index in [2.05, 4.69) is 20.8 Å². The molecule has 0 aliphatic carbocycles. The highest BCUT2D eigenvalue weighted by Gasteiger charge is 2.34. The highest BCUT2D eigenvalue weighted by molar-refractivity contribution is 7.91. The van der Waals surface area contributed by atoms with Crippen molar-refractivity contribution >= 4 is 15.7 Å². The van der Waals surface area contributed by atoms with E-state index in [-0.39, 0.29) is 35.5 Å². The quantitative estimate of drug-likeness (QED) is 0.674. The van der Waals surface area contributed by atoms with Crippen molar-refractivity contribution in [3.8, 4) is 5.75 Å². The number of carbonyl (C=O) groups excluding carboxylic acids is 1. The maximum absolute atomic E-state index is 13.0. The second-order valence-corrected chi connectivity index (χ2v) is 11.2. The zero-order valence-electron chi connectivity index (χ0n) is 18.0. The Hall–Kier alpha value is -2.34. The Balaban J connectivity index is 1.65. The molecular formula is C24H31NO4S. The smallest absolute Gasteiger partial charge is 0.260 e. The predicted octanol–water partition coefficient (Wildman–Crippen LogP) is 3.62. The van der Waals surface area contributed by atoms with E-state index < -0.39 is 9.84 Å². The van der Waals surface area contributed by atoms with E-state index in [0.717, 1.165) is 5.56 Å². The molecule has 0 radical (unpaired) electrons. The van der Waals surface area contributed by atoms with Crippen molar-refractivity contribution in [2.75, 3.05) is 24.7 Å². The van der Waals surface area contributed by atoms with Crippen molar-refractivity contribution in [3.63, 3.8) is 0 Å². The number of sulfone groups is 1. The molecule has 0 unspecified atom stereocenters. The second-order valence-electron chi connectivity index (χ2n) is 8.94. The number of carbonyl (C=O) groups is 1. The lowest BCUT2D eigenvalue weighted by Crippen LogP contribution is -2.44.